The Kier molecular flexibility index (Phi) is 7.39. The van der Waals surface area contributed by atoms with Crippen LogP contribution in [0.4, 0.5) is 9.59 Å². The average molecular weight is 379 g/mol. The van der Waals surface area contributed by atoms with Crippen LogP contribution in [0, 0.1) is 0 Å². The highest BCUT2D eigenvalue weighted by molar-refractivity contribution is 8.13. The lowest BCUT2D eigenvalue weighted by Gasteiger charge is -2.21. The van der Waals surface area contributed by atoms with Crippen LogP contribution in [0.15, 0.2) is 29.4 Å². The Hall–Kier alpha value is -2.62. The molecule has 140 valence electrons. The minimum absolute atomic E-state index is 0.0644. The number of aromatic nitrogens is 4. The van der Waals surface area contributed by atoms with Crippen molar-refractivity contribution in [1.29, 1.82) is 0 Å². The van der Waals surface area contributed by atoms with Gasteiger partial charge in [-0.1, -0.05) is 25.1 Å². The molecule has 0 aliphatic carbocycles. The van der Waals surface area contributed by atoms with Crippen molar-refractivity contribution >= 4 is 23.1 Å². The first-order valence-electron chi connectivity index (χ1n) is 8.14. The van der Waals surface area contributed by atoms with E-state index in [1.54, 1.807) is 12.0 Å². The third kappa shape index (κ3) is 4.94. The number of nitrogens with zero attached hydrogens (tertiary/aromatic N) is 5. The second kappa shape index (κ2) is 9.76. The largest absolute Gasteiger partial charge is 0.496 e. The van der Waals surface area contributed by atoms with Crippen molar-refractivity contribution < 1.29 is 19.1 Å². The van der Waals surface area contributed by atoms with Gasteiger partial charge >= 0.3 is 6.09 Å². The molecule has 0 spiro atoms. The number of thioether (sulfide) groups is 1. The fourth-order valence-corrected chi connectivity index (χ4v) is 2.85. The minimum atomic E-state index is -0.708. The van der Waals surface area contributed by atoms with E-state index in [1.165, 1.54) is 0 Å². The maximum atomic E-state index is 12.6. The fourth-order valence-electron chi connectivity index (χ4n) is 2.09. The SMILES string of the molecule is CCCOC(=O)n1nnnc1SC(=O)N(CC)Cc1ccccc1OC. The summed E-state index contributed by atoms with van der Waals surface area (Å²) in [4.78, 5) is 26.2. The summed E-state index contributed by atoms with van der Waals surface area (Å²) in [6, 6.07) is 7.48. The molecule has 0 radical (unpaired) electrons. The highest BCUT2D eigenvalue weighted by Gasteiger charge is 2.22. The number of tetrazole rings is 1. The second-order valence-corrected chi connectivity index (χ2v) is 6.10. The van der Waals surface area contributed by atoms with E-state index in [0.717, 1.165) is 22.0 Å². The molecule has 10 heteroatoms. The zero-order chi connectivity index (χ0) is 18.9. The summed E-state index contributed by atoms with van der Waals surface area (Å²) in [6.45, 7) is 4.85. The van der Waals surface area contributed by atoms with Crippen LogP contribution in [0.3, 0.4) is 0 Å². The zero-order valence-corrected chi connectivity index (χ0v) is 15.7. The molecule has 0 atom stereocenters. The normalized spacial score (nSPS) is 10.4. The number of ether oxygens (including phenoxy) is 2. The molecule has 0 aliphatic rings. The molecule has 2 aromatic rings. The van der Waals surface area contributed by atoms with Gasteiger partial charge in [0.1, 0.15) is 5.75 Å². The van der Waals surface area contributed by atoms with Gasteiger partial charge < -0.3 is 14.4 Å². The van der Waals surface area contributed by atoms with Gasteiger partial charge in [0.05, 0.1) is 20.3 Å². The fraction of sp³-hybridized carbons (Fsp3) is 0.438. The molecular formula is C16H21N5O4S. The molecule has 1 amide bonds. The molecule has 0 unspecified atom stereocenters. The predicted molar refractivity (Wildman–Crippen MR) is 95.2 cm³/mol. The van der Waals surface area contributed by atoms with Crippen LogP contribution >= 0.6 is 11.8 Å². The van der Waals surface area contributed by atoms with E-state index in [-0.39, 0.29) is 17.0 Å². The summed E-state index contributed by atoms with van der Waals surface area (Å²) in [5.74, 6) is 0.705. The number of hydrogen-bond donors (Lipinski definition) is 0. The number of carbonyl (C=O) groups is 2. The van der Waals surface area contributed by atoms with Crippen LogP contribution in [0.5, 0.6) is 5.75 Å². The van der Waals surface area contributed by atoms with Crippen LogP contribution in [-0.4, -0.2) is 56.7 Å². The standard InChI is InChI=1S/C16H21N5O4S/c1-4-10-25-15(22)21-14(17-18-19-21)26-16(23)20(5-2)11-12-8-6-7-9-13(12)24-3/h6-9H,4-5,10-11H2,1-3H3. The molecule has 26 heavy (non-hydrogen) atoms. The number of hydrogen-bond acceptors (Lipinski definition) is 8. The van der Waals surface area contributed by atoms with Crippen LogP contribution < -0.4 is 4.74 Å². The van der Waals surface area contributed by atoms with Crippen molar-refractivity contribution in [2.75, 3.05) is 20.3 Å². The van der Waals surface area contributed by atoms with E-state index in [1.807, 2.05) is 38.1 Å². The Balaban J connectivity index is 2.08. The van der Waals surface area contributed by atoms with Gasteiger partial charge in [0.25, 0.3) is 5.24 Å². The van der Waals surface area contributed by atoms with E-state index in [9.17, 15) is 9.59 Å². The molecule has 9 nitrogen and oxygen atoms in total. The number of rotatable bonds is 7. The Labute approximate surface area is 155 Å². The predicted octanol–water partition coefficient (Wildman–Crippen LogP) is 2.81. The molecule has 0 saturated heterocycles. The lowest BCUT2D eigenvalue weighted by molar-refractivity contribution is 0.141. The van der Waals surface area contributed by atoms with Crippen molar-refractivity contribution in [2.24, 2.45) is 0 Å². The van der Waals surface area contributed by atoms with Crippen molar-refractivity contribution in [3.8, 4) is 5.75 Å². The van der Waals surface area contributed by atoms with Gasteiger partial charge in [-0.15, -0.1) is 9.78 Å². The number of para-hydroxylation sites is 1. The average Bonchev–Trinajstić information content (AvgIpc) is 3.12. The summed E-state index contributed by atoms with van der Waals surface area (Å²) in [6.07, 6.45) is -0.0300. The maximum absolute atomic E-state index is 12.6. The number of methoxy groups -OCH3 is 1. The summed E-state index contributed by atoms with van der Waals surface area (Å²) >= 11 is 0.776. The van der Waals surface area contributed by atoms with E-state index >= 15 is 0 Å². The summed E-state index contributed by atoms with van der Waals surface area (Å²) in [5, 5.41) is 10.6. The molecule has 1 aromatic heterocycles. The quantitative estimate of drug-likeness (QED) is 0.535. The molecule has 0 fully saturated rings. The molecular weight excluding hydrogens is 358 g/mol. The van der Waals surface area contributed by atoms with Crippen molar-refractivity contribution in [1.82, 2.24) is 25.1 Å². The van der Waals surface area contributed by atoms with Gasteiger partial charge in [0, 0.05) is 23.9 Å². The zero-order valence-electron chi connectivity index (χ0n) is 14.9. The van der Waals surface area contributed by atoms with Crippen LogP contribution in [-0.2, 0) is 11.3 Å². The Morgan fingerprint density at radius 1 is 1.27 bits per heavy atom. The number of amides is 1. The first-order valence-corrected chi connectivity index (χ1v) is 8.96. The van der Waals surface area contributed by atoms with Crippen molar-refractivity contribution in [3.63, 3.8) is 0 Å². The Bertz CT molecular complexity index is 752. The molecule has 2 rings (SSSR count). The number of benzene rings is 1. The highest BCUT2D eigenvalue weighted by atomic mass is 32.2. The lowest BCUT2D eigenvalue weighted by atomic mass is 10.2. The van der Waals surface area contributed by atoms with Crippen molar-refractivity contribution in [2.45, 2.75) is 32.0 Å². The van der Waals surface area contributed by atoms with E-state index in [2.05, 4.69) is 15.5 Å². The van der Waals surface area contributed by atoms with Crippen LogP contribution in [0.1, 0.15) is 25.8 Å². The minimum Gasteiger partial charge on any atom is -0.496 e. The van der Waals surface area contributed by atoms with E-state index in [4.69, 9.17) is 9.47 Å². The lowest BCUT2D eigenvalue weighted by Crippen LogP contribution is -2.27. The number of carbonyl (C=O) groups excluding carboxylic acids is 2. The first kappa shape index (κ1) is 19.7. The smallest absolute Gasteiger partial charge is 0.438 e. The van der Waals surface area contributed by atoms with Crippen LogP contribution in [0.2, 0.25) is 0 Å². The molecule has 0 bridgehead atoms. The summed E-state index contributed by atoms with van der Waals surface area (Å²) in [5.41, 5.74) is 0.882. The molecule has 0 saturated carbocycles. The van der Waals surface area contributed by atoms with Crippen molar-refractivity contribution in [3.05, 3.63) is 29.8 Å². The van der Waals surface area contributed by atoms with E-state index < -0.39 is 6.09 Å². The Morgan fingerprint density at radius 3 is 2.73 bits per heavy atom. The molecule has 0 aliphatic heterocycles. The van der Waals surface area contributed by atoms with Gasteiger partial charge in [0.2, 0.25) is 5.16 Å². The Morgan fingerprint density at radius 2 is 2.04 bits per heavy atom. The van der Waals surface area contributed by atoms with Gasteiger partial charge in [0.15, 0.2) is 0 Å². The molecule has 0 N–H and O–H groups in total. The summed E-state index contributed by atoms with van der Waals surface area (Å²) < 4.78 is 11.2. The summed E-state index contributed by atoms with van der Waals surface area (Å²) in [7, 11) is 1.59. The van der Waals surface area contributed by atoms with Gasteiger partial charge in [-0.25, -0.2) is 4.79 Å². The molecule has 1 heterocycles. The van der Waals surface area contributed by atoms with Gasteiger partial charge in [-0.05, 0) is 29.8 Å². The highest BCUT2D eigenvalue weighted by Crippen LogP contribution is 2.23. The van der Waals surface area contributed by atoms with Gasteiger partial charge in [-0.2, -0.15) is 0 Å². The van der Waals surface area contributed by atoms with E-state index in [0.29, 0.717) is 25.3 Å². The second-order valence-electron chi connectivity index (χ2n) is 5.18. The van der Waals surface area contributed by atoms with Crippen LogP contribution in [0.25, 0.3) is 0 Å². The third-order valence-electron chi connectivity index (χ3n) is 3.42. The monoisotopic (exact) mass is 379 g/mol. The van der Waals surface area contributed by atoms with Gasteiger partial charge in [-0.3, -0.25) is 4.79 Å². The maximum Gasteiger partial charge on any atom is 0.438 e. The first-order chi connectivity index (χ1) is 12.6. The molecule has 1 aromatic carbocycles. The topological polar surface area (TPSA) is 99.4 Å². The third-order valence-corrected chi connectivity index (χ3v) is 4.29.